The minimum absolute atomic E-state index is 0.201. The summed E-state index contributed by atoms with van der Waals surface area (Å²) in [4.78, 5) is 31.9. The lowest BCUT2D eigenvalue weighted by atomic mass is 9.96. The highest BCUT2D eigenvalue weighted by Gasteiger charge is 2.33. The maximum Gasteiger partial charge on any atom is 0.338 e. The first-order chi connectivity index (χ1) is 16.7. The van der Waals surface area contributed by atoms with Crippen molar-refractivity contribution in [3.63, 3.8) is 0 Å². The number of benzene rings is 2. The number of carbonyl (C=O) groups is 1. The average molecular weight is 555 g/mol. The number of ether oxygens (including phenoxy) is 2. The van der Waals surface area contributed by atoms with Gasteiger partial charge in [-0.2, -0.15) is 0 Å². The molecule has 0 spiro atoms. The summed E-state index contributed by atoms with van der Waals surface area (Å²) in [6, 6.07) is 13.0. The van der Waals surface area contributed by atoms with Gasteiger partial charge in [-0.3, -0.25) is 9.36 Å². The van der Waals surface area contributed by atoms with Crippen molar-refractivity contribution in [2.75, 3.05) is 13.7 Å². The van der Waals surface area contributed by atoms with Gasteiger partial charge < -0.3 is 9.47 Å². The van der Waals surface area contributed by atoms with E-state index in [4.69, 9.17) is 9.47 Å². The first-order valence-electron chi connectivity index (χ1n) is 11.4. The predicted molar refractivity (Wildman–Crippen MR) is 142 cm³/mol. The van der Waals surface area contributed by atoms with Gasteiger partial charge in [0.05, 0.1) is 40.0 Å². The number of esters is 1. The molecular weight excluding hydrogens is 528 g/mol. The van der Waals surface area contributed by atoms with Gasteiger partial charge in [0.2, 0.25) is 0 Å². The fourth-order valence-electron chi connectivity index (χ4n) is 4.09. The monoisotopic (exact) mass is 554 g/mol. The molecule has 0 N–H and O–H groups in total. The number of methoxy groups -OCH3 is 1. The Bertz CT molecular complexity index is 1480. The standard InChI is InChI=1S/C27H27BrN2O4S/c1-6-34-26(32)23-16(4)29-27-30(24(23)19-11-12-21(33-5)20(28)14-19)25(31)22(35-27)13-17-7-9-18(10-8-17)15(2)3/h7-15,24H,6H2,1-5H3/b22-13+/t24-/m0/s1. The van der Waals surface area contributed by atoms with Gasteiger partial charge in [-0.1, -0.05) is 55.5 Å². The van der Waals surface area contributed by atoms with Crippen molar-refractivity contribution in [1.82, 2.24) is 4.57 Å². The van der Waals surface area contributed by atoms with Crippen LogP contribution < -0.4 is 19.6 Å². The number of hydrogen-bond acceptors (Lipinski definition) is 6. The highest BCUT2D eigenvalue weighted by molar-refractivity contribution is 9.10. The van der Waals surface area contributed by atoms with E-state index >= 15 is 0 Å². The van der Waals surface area contributed by atoms with E-state index in [1.165, 1.54) is 16.9 Å². The molecule has 0 radical (unpaired) electrons. The molecular formula is C27H27BrN2O4S. The van der Waals surface area contributed by atoms with Crippen LogP contribution >= 0.6 is 27.3 Å². The van der Waals surface area contributed by atoms with Gasteiger partial charge in [0.25, 0.3) is 5.56 Å². The lowest BCUT2D eigenvalue weighted by Crippen LogP contribution is -2.39. The Kier molecular flexibility index (Phi) is 7.42. The fourth-order valence-corrected chi connectivity index (χ4v) is 5.69. The smallest absolute Gasteiger partial charge is 0.338 e. The Labute approximate surface area is 216 Å². The van der Waals surface area contributed by atoms with Crippen LogP contribution in [0.3, 0.4) is 0 Å². The van der Waals surface area contributed by atoms with Crippen LogP contribution in [-0.2, 0) is 9.53 Å². The van der Waals surface area contributed by atoms with Crippen LogP contribution in [0, 0.1) is 0 Å². The highest BCUT2D eigenvalue weighted by Crippen LogP contribution is 2.35. The zero-order valence-corrected chi connectivity index (χ0v) is 22.7. The van der Waals surface area contributed by atoms with E-state index in [2.05, 4.69) is 46.9 Å². The first kappa shape index (κ1) is 25.1. The SMILES string of the molecule is CCOC(=O)C1=C(C)N=c2s/c(=C/c3ccc(C(C)C)cc3)c(=O)n2[C@H]1c1ccc(OC)c(Br)c1. The normalized spacial score (nSPS) is 15.7. The number of rotatable bonds is 6. The fraction of sp³-hybridized carbons (Fsp3) is 0.296. The van der Waals surface area contributed by atoms with Crippen molar-refractivity contribution in [2.45, 2.75) is 39.7 Å². The molecule has 0 aliphatic carbocycles. The maximum absolute atomic E-state index is 13.7. The topological polar surface area (TPSA) is 69.9 Å². The lowest BCUT2D eigenvalue weighted by molar-refractivity contribution is -0.139. The number of nitrogens with zero attached hydrogens (tertiary/aromatic N) is 2. The molecule has 0 saturated carbocycles. The van der Waals surface area contributed by atoms with E-state index in [1.807, 2.05) is 36.4 Å². The molecule has 1 aromatic heterocycles. The molecule has 0 saturated heterocycles. The Morgan fingerprint density at radius 2 is 1.94 bits per heavy atom. The predicted octanol–water partition coefficient (Wildman–Crippen LogP) is 4.69. The summed E-state index contributed by atoms with van der Waals surface area (Å²) in [6.07, 6.45) is 1.87. The third-order valence-corrected chi connectivity index (χ3v) is 7.51. The summed E-state index contributed by atoms with van der Waals surface area (Å²) < 4.78 is 13.6. The van der Waals surface area contributed by atoms with Crippen molar-refractivity contribution in [3.8, 4) is 5.75 Å². The van der Waals surface area contributed by atoms with Crippen LogP contribution in [0.15, 0.2) is 68.0 Å². The summed E-state index contributed by atoms with van der Waals surface area (Å²) in [5.74, 6) is 0.607. The molecule has 6 nitrogen and oxygen atoms in total. The van der Waals surface area contributed by atoms with E-state index in [0.717, 1.165) is 15.6 Å². The number of aromatic nitrogens is 1. The minimum atomic E-state index is -0.669. The van der Waals surface area contributed by atoms with Crippen molar-refractivity contribution >= 4 is 39.3 Å². The largest absolute Gasteiger partial charge is 0.496 e. The Hall–Kier alpha value is -2.97. The first-order valence-corrected chi connectivity index (χ1v) is 13.0. The van der Waals surface area contributed by atoms with Crippen LogP contribution in [-0.4, -0.2) is 24.3 Å². The second-order valence-electron chi connectivity index (χ2n) is 8.52. The van der Waals surface area contributed by atoms with Crippen LogP contribution in [0.5, 0.6) is 5.75 Å². The van der Waals surface area contributed by atoms with Gasteiger partial charge in [0.1, 0.15) is 5.75 Å². The zero-order valence-electron chi connectivity index (χ0n) is 20.3. The Balaban J connectivity index is 1.91. The van der Waals surface area contributed by atoms with Crippen molar-refractivity contribution in [2.24, 2.45) is 4.99 Å². The molecule has 35 heavy (non-hydrogen) atoms. The molecule has 3 aromatic rings. The summed E-state index contributed by atoms with van der Waals surface area (Å²) in [5.41, 5.74) is 3.61. The van der Waals surface area contributed by atoms with Crippen LogP contribution in [0.2, 0.25) is 0 Å². The Morgan fingerprint density at radius 3 is 2.54 bits per heavy atom. The van der Waals surface area contributed by atoms with Gasteiger partial charge >= 0.3 is 5.97 Å². The number of hydrogen-bond donors (Lipinski definition) is 0. The quantitative estimate of drug-likeness (QED) is 0.414. The van der Waals surface area contributed by atoms with Gasteiger partial charge in [-0.25, -0.2) is 9.79 Å². The summed E-state index contributed by atoms with van der Waals surface area (Å²) in [5, 5.41) is 0. The number of allylic oxidation sites excluding steroid dienone is 1. The molecule has 1 aliphatic rings. The Morgan fingerprint density at radius 1 is 1.23 bits per heavy atom. The van der Waals surface area contributed by atoms with E-state index in [1.54, 1.807) is 25.5 Å². The van der Waals surface area contributed by atoms with E-state index in [-0.39, 0.29) is 12.2 Å². The number of carbonyl (C=O) groups excluding carboxylic acids is 1. The summed E-state index contributed by atoms with van der Waals surface area (Å²) >= 11 is 4.84. The van der Waals surface area contributed by atoms with Gasteiger partial charge in [-0.15, -0.1) is 0 Å². The van der Waals surface area contributed by atoms with Gasteiger partial charge in [-0.05, 0) is 70.6 Å². The van der Waals surface area contributed by atoms with E-state index < -0.39 is 12.0 Å². The summed E-state index contributed by atoms with van der Waals surface area (Å²) in [6.45, 7) is 8.06. The van der Waals surface area contributed by atoms with Gasteiger partial charge in [0, 0.05) is 0 Å². The van der Waals surface area contributed by atoms with Crippen LogP contribution in [0.4, 0.5) is 0 Å². The third-order valence-electron chi connectivity index (χ3n) is 5.91. The molecule has 1 aliphatic heterocycles. The molecule has 4 rings (SSSR count). The number of fused-ring (bicyclic) bond motifs is 1. The third kappa shape index (κ3) is 4.90. The number of thiazole rings is 1. The minimum Gasteiger partial charge on any atom is -0.496 e. The molecule has 182 valence electrons. The van der Waals surface area contributed by atoms with Crippen molar-refractivity contribution in [1.29, 1.82) is 0 Å². The zero-order chi connectivity index (χ0) is 25.3. The van der Waals surface area contributed by atoms with Crippen LogP contribution in [0.1, 0.15) is 56.3 Å². The van der Waals surface area contributed by atoms with E-state index in [0.29, 0.717) is 32.3 Å². The van der Waals surface area contributed by atoms with Crippen molar-refractivity contribution < 1.29 is 14.3 Å². The lowest BCUT2D eigenvalue weighted by Gasteiger charge is -2.25. The molecule has 0 amide bonds. The van der Waals surface area contributed by atoms with Crippen LogP contribution in [0.25, 0.3) is 6.08 Å². The molecule has 0 fully saturated rings. The molecule has 0 unspecified atom stereocenters. The second-order valence-corrected chi connectivity index (χ2v) is 10.4. The average Bonchev–Trinajstić information content (AvgIpc) is 3.12. The van der Waals surface area contributed by atoms with E-state index in [9.17, 15) is 9.59 Å². The molecule has 1 atom stereocenters. The number of halogens is 1. The van der Waals surface area contributed by atoms with Crippen molar-refractivity contribution in [3.05, 3.63) is 94.6 Å². The molecule has 2 aromatic carbocycles. The molecule has 0 bridgehead atoms. The molecule has 8 heteroatoms. The van der Waals surface area contributed by atoms with Gasteiger partial charge in [0.15, 0.2) is 4.80 Å². The highest BCUT2D eigenvalue weighted by atomic mass is 79.9. The molecule has 2 heterocycles. The maximum atomic E-state index is 13.7. The second kappa shape index (κ2) is 10.3. The summed E-state index contributed by atoms with van der Waals surface area (Å²) in [7, 11) is 1.59.